The number of ketones is 1. The lowest BCUT2D eigenvalue weighted by atomic mass is 9.96. The summed E-state index contributed by atoms with van der Waals surface area (Å²) in [6.45, 7) is 11.8. The van der Waals surface area contributed by atoms with Crippen molar-refractivity contribution in [2.24, 2.45) is 5.73 Å². The summed E-state index contributed by atoms with van der Waals surface area (Å²) in [5.74, 6) is 1.90. The van der Waals surface area contributed by atoms with Gasteiger partial charge in [-0.15, -0.1) is 8.58 Å². The van der Waals surface area contributed by atoms with Crippen LogP contribution in [0.1, 0.15) is 43.7 Å². The molecule has 1 atom stereocenters. The fourth-order valence-electron chi connectivity index (χ4n) is 3.60. The Morgan fingerprint density at radius 3 is 2.14 bits per heavy atom. The summed E-state index contributed by atoms with van der Waals surface area (Å²) in [6.07, 6.45) is 4.60. The van der Waals surface area contributed by atoms with Crippen LogP contribution in [0.25, 0.3) is 0 Å². The van der Waals surface area contributed by atoms with E-state index in [1.165, 1.54) is 12.5 Å². The van der Waals surface area contributed by atoms with E-state index in [0.717, 1.165) is 70.1 Å². The van der Waals surface area contributed by atoms with E-state index >= 15 is 0 Å². The molecule has 0 saturated carbocycles. The van der Waals surface area contributed by atoms with Crippen LogP contribution in [0.2, 0.25) is 0 Å². The molecule has 0 aliphatic carbocycles. The fourth-order valence-corrected chi connectivity index (χ4v) is 4.63. The van der Waals surface area contributed by atoms with Gasteiger partial charge in [0.1, 0.15) is 23.6 Å². The van der Waals surface area contributed by atoms with Crippen molar-refractivity contribution in [3.05, 3.63) is 71.9 Å². The van der Waals surface area contributed by atoms with E-state index in [4.69, 9.17) is 24.7 Å². The molecule has 2 aromatic rings. The van der Waals surface area contributed by atoms with Gasteiger partial charge < -0.3 is 24.7 Å². The number of hydrogen-bond acceptors (Lipinski definition) is 6. The van der Waals surface area contributed by atoms with Gasteiger partial charge in [-0.1, -0.05) is 36.4 Å². The average Bonchev–Trinajstić information content (AvgIpc) is 2.89. The lowest BCUT2D eigenvalue weighted by molar-refractivity contribution is -0.118. The van der Waals surface area contributed by atoms with Gasteiger partial charge in [0.25, 0.3) is 0 Å². The van der Waals surface area contributed by atoms with Crippen molar-refractivity contribution < 1.29 is 23.8 Å². The Kier molecular flexibility index (Phi) is 15.4. The van der Waals surface area contributed by atoms with E-state index in [2.05, 4.69) is 13.2 Å². The minimum atomic E-state index is 0.207. The highest BCUT2D eigenvalue weighted by molar-refractivity contribution is 7.39. The molecule has 2 aromatic carbocycles. The van der Waals surface area contributed by atoms with Crippen LogP contribution in [0.5, 0.6) is 11.5 Å². The first-order valence-corrected chi connectivity index (χ1v) is 13.8. The summed E-state index contributed by atoms with van der Waals surface area (Å²) in [4.78, 5) is 20.7. The smallest absolute Gasteiger partial charge is 0.137 e. The minimum Gasteiger partial charge on any atom is -0.497 e. The number of methoxy groups -OCH3 is 1. The second kappa shape index (κ2) is 17.7. The summed E-state index contributed by atoms with van der Waals surface area (Å²) in [5.41, 5.74) is 8.85. The Morgan fingerprint density at radius 1 is 1.11 bits per heavy atom. The number of aldehydes is 1. The average molecular weight is 516 g/mol. The molecule has 2 N–H and O–H groups in total. The third-order valence-electron chi connectivity index (χ3n) is 5.89. The van der Waals surface area contributed by atoms with E-state index in [1.807, 2.05) is 55.5 Å². The molecule has 1 aliphatic heterocycles. The number of carbonyl (C=O) groups is 2. The number of ether oxygens (including phenoxy) is 3. The lowest BCUT2D eigenvalue weighted by Crippen LogP contribution is -2.36. The van der Waals surface area contributed by atoms with Crippen molar-refractivity contribution in [1.29, 1.82) is 0 Å². The first-order valence-electron chi connectivity index (χ1n) is 12.3. The summed E-state index contributed by atoms with van der Waals surface area (Å²) in [6, 6.07) is 15.6. The number of Topliss-reactive ketones (excluding diaryl/α,β-unsaturated/α-hetero) is 1. The minimum absolute atomic E-state index is 0.207. The van der Waals surface area contributed by atoms with Gasteiger partial charge in [-0.2, -0.15) is 0 Å². The molecule has 6 nitrogen and oxygen atoms in total. The van der Waals surface area contributed by atoms with E-state index in [0.29, 0.717) is 19.4 Å². The third-order valence-corrected chi connectivity index (χ3v) is 7.67. The van der Waals surface area contributed by atoms with Gasteiger partial charge in [-0.25, -0.2) is 0 Å². The molecule has 0 bridgehead atoms. The van der Waals surface area contributed by atoms with E-state index < -0.39 is 0 Å². The predicted octanol–water partition coefficient (Wildman–Crippen LogP) is 5.50. The highest BCUT2D eigenvalue weighted by atomic mass is 31.1. The van der Waals surface area contributed by atoms with Crippen molar-refractivity contribution in [3.8, 4) is 11.5 Å². The van der Waals surface area contributed by atoms with Gasteiger partial charge in [0.05, 0.1) is 13.7 Å². The molecule has 0 aromatic heterocycles. The van der Waals surface area contributed by atoms with Gasteiger partial charge >= 0.3 is 0 Å². The number of benzene rings is 2. The zero-order valence-electron chi connectivity index (χ0n) is 22.2. The molecule has 7 heteroatoms. The van der Waals surface area contributed by atoms with Crippen LogP contribution in [0.3, 0.4) is 0 Å². The first kappa shape index (κ1) is 31.3. The Bertz CT molecular complexity index is 906. The largest absolute Gasteiger partial charge is 0.497 e. The second-order valence-electron chi connectivity index (χ2n) is 8.53. The summed E-state index contributed by atoms with van der Waals surface area (Å²) < 4.78 is 16.0. The summed E-state index contributed by atoms with van der Waals surface area (Å²) in [7, 11) is 2.49. The third kappa shape index (κ3) is 11.8. The number of nitrogens with two attached hydrogens (primary N) is 1. The molecular weight excluding hydrogens is 473 g/mol. The maximum Gasteiger partial charge on any atom is 0.137 e. The van der Waals surface area contributed by atoms with Crippen molar-refractivity contribution >= 4 is 20.7 Å². The second-order valence-corrected chi connectivity index (χ2v) is 9.99. The zero-order chi connectivity index (χ0) is 26.8. The van der Waals surface area contributed by atoms with E-state index in [9.17, 15) is 4.79 Å². The SMILES string of the molecule is C=C(N)C1(PC)CCOCC1.CC=O.COc1ccc(CC(=O)CCCOc2ccc(C)cc2)cc1. The Hall–Kier alpha value is -2.69. The molecule has 1 aliphatic rings. The molecule has 0 spiro atoms. The quantitative estimate of drug-likeness (QED) is 0.256. The molecule has 1 unspecified atom stereocenters. The van der Waals surface area contributed by atoms with Crippen molar-refractivity contribution in [1.82, 2.24) is 0 Å². The molecule has 36 heavy (non-hydrogen) atoms. The highest BCUT2D eigenvalue weighted by Gasteiger charge is 2.32. The number of rotatable bonds is 10. The van der Waals surface area contributed by atoms with Gasteiger partial charge in [0.2, 0.25) is 0 Å². The molecular formula is C29H42NO5P. The van der Waals surface area contributed by atoms with Crippen LogP contribution in [0.4, 0.5) is 0 Å². The Morgan fingerprint density at radius 2 is 1.67 bits per heavy atom. The molecule has 1 fully saturated rings. The van der Waals surface area contributed by atoms with Crippen LogP contribution in [0.15, 0.2) is 60.8 Å². The first-order chi connectivity index (χ1) is 17.3. The number of aryl methyl sites for hydroxylation is 1. The zero-order valence-corrected chi connectivity index (χ0v) is 23.2. The van der Waals surface area contributed by atoms with Gasteiger partial charge in [0.15, 0.2) is 0 Å². The van der Waals surface area contributed by atoms with Gasteiger partial charge in [-0.3, -0.25) is 4.79 Å². The van der Waals surface area contributed by atoms with Crippen molar-refractivity contribution in [2.75, 3.05) is 33.6 Å². The standard InChI is InChI=1S/C19H22O3.C8H16NOP.C2H4O/c1-15-5-9-19(10-6-15)22-13-3-4-17(20)14-16-7-11-18(21-2)12-8-16;1-7(9)8(11-2)3-5-10-6-4-8;1-2-3/h5-12H,3-4,13-14H2,1-2H3;11H,1,3-6,9H2,2H3;2H,1H3. The Balaban J connectivity index is 0.000000386. The molecule has 198 valence electrons. The van der Waals surface area contributed by atoms with Gasteiger partial charge in [0, 0.05) is 36.9 Å². The van der Waals surface area contributed by atoms with Gasteiger partial charge in [-0.05, 0) is 69.6 Å². The number of allylic oxidation sites excluding steroid dienone is 1. The molecule has 0 radical (unpaired) electrons. The normalized spacial score (nSPS) is 14.0. The fraction of sp³-hybridized carbons (Fsp3) is 0.448. The molecule has 1 saturated heterocycles. The van der Waals surface area contributed by atoms with Crippen LogP contribution < -0.4 is 15.2 Å². The van der Waals surface area contributed by atoms with Crippen LogP contribution in [-0.2, 0) is 20.7 Å². The summed E-state index contributed by atoms with van der Waals surface area (Å²) >= 11 is 0. The molecule has 0 amide bonds. The van der Waals surface area contributed by atoms with E-state index in [-0.39, 0.29) is 10.9 Å². The Labute approximate surface area is 218 Å². The molecule has 1 heterocycles. The topological polar surface area (TPSA) is 87.9 Å². The number of carbonyl (C=O) groups excluding carboxylic acids is 2. The molecule has 3 rings (SSSR count). The number of hydrogen-bond donors (Lipinski definition) is 1. The maximum atomic E-state index is 11.9. The van der Waals surface area contributed by atoms with Crippen LogP contribution >= 0.6 is 8.58 Å². The van der Waals surface area contributed by atoms with Crippen LogP contribution in [0, 0.1) is 6.92 Å². The lowest BCUT2D eigenvalue weighted by Gasteiger charge is -2.36. The monoisotopic (exact) mass is 515 g/mol. The van der Waals surface area contributed by atoms with Crippen molar-refractivity contribution in [3.63, 3.8) is 0 Å². The predicted molar refractivity (Wildman–Crippen MR) is 150 cm³/mol. The summed E-state index contributed by atoms with van der Waals surface area (Å²) in [5, 5.41) is 0.207. The van der Waals surface area contributed by atoms with Crippen LogP contribution in [-0.4, -0.2) is 50.8 Å². The van der Waals surface area contributed by atoms with Crippen molar-refractivity contribution in [2.45, 2.75) is 51.1 Å². The maximum absolute atomic E-state index is 11.9. The van der Waals surface area contributed by atoms with E-state index in [1.54, 1.807) is 7.11 Å². The highest BCUT2D eigenvalue weighted by Crippen LogP contribution is 2.41.